The van der Waals surface area contributed by atoms with Crippen molar-refractivity contribution in [3.05, 3.63) is 45.9 Å². The summed E-state index contributed by atoms with van der Waals surface area (Å²) in [5, 5.41) is 5.80. The van der Waals surface area contributed by atoms with E-state index in [2.05, 4.69) is 15.2 Å². The van der Waals surface area contributed by atoms with Crippen LogP contribution in [-0.4, -0.2) is 41.9 Å². The number of carbonyl (C=O) groups excluding carboxylic acids is 2. The molecule has 0 bridgehead atoms. The molecule has 0 spiro atoms. The summed E-state index contributed by atoms with van der Waals surface area (Å²) in [4.78, 5) is 32.0. The quantitative estimate of drug-likeness (QED) is 0.723. The minimum atomic E-state index is -0.150. The minimum absolute atomic E-state index is 0.150. The van der Waals surface area contributed by atoms with E-state index in [9.17, 15) is 9.59 Å². The molecule has 2 aromatic rings. The van der Waals surface area contributed by atoms with E-state index in [0.29, 0.717) is 24.1 Å². The van der Waals surface area contributed by atoms with Crippen molar-refractivity contribution in [2.45, 2.75) is 57.4 Å². The number of nitrogens with one attached hydrogen (secondary N) is 1. The predicted octanol–water partition coefficient (Wildman–Crippen LogP) is 4.37. The van der Waals surface area contributed by atoms with Crippen molar-refractivity contribution in [3.8, 4) is 5.75 Å². The SMILES string of the molecule is COc1ccc(CNC(=O)c2csc(C3CCN(C(=O)C4CCCCC4)CC3)n2)cc1. The first-order valence-corrected chi connectivity index (χ1v) is 12.2. The van der Waals surface area contributed by atoms with Crippen LogP contribution in [0.5, 0.6) is 5.75 Å². The highest BCUT2D eigenvalue weighted by atomic mass is 32.1. The van der Waals surface area contributed by atoms with Gasteiger partial charge >= 0.3 is 0 Å². The lowest BCUT2D eigenvalue weighted by Crippen LogP contribution is -2.41. The lowest BCUT2D eigenvalue weighted by molar-refractivity contribution is -0.137. The lowest BCUT2D eigenvalue weighted by atomic mass is 9.87. The Labute approximate surface area is 188 Å². The molecule has 166 valence electrons. The second kappa shape index (κ2) is 10.3. The molecule has 1 saturated carbocycles. The van der Waals surface area contributed by atoms with Gasteiger partial charge in [-0.15, -0.1) is 11.3 Å². The van der Waals surface area contributed by atoms with Crippen LogP contribution in [0.3, 0.4) is 0 Å². The van der Waals surface area contributed by atoms with Crippen LogP contribution in [0.25, 0.3) is 0 Å². The summed E-state index contributed by atoms with van der Waals surface area (Å²) >= 11 is 1.56. The molecule has 1 N–H and O–H groups in total. The molecule has 2 amide bonds. The number of piperidine rings is 1. The zero-order valence-electron chi connectivity index (χ0n) is 18.1. The molecule has 31 heavy (non-hydrogen) atoms. The van der Waals surface area contributed by atoms with Crippen molar-refractivity contribution in [2.75, 3.05) is 20.2 Å². The van der Waals surface area contributed by atoms with Crippen LogP contribution in [0.2, 0.25) is 0 Å². The van der Waals surface area contributed by atoms with Gasteiger partial charge in [0.05, 0.1) is 12.1 Å². The fraction of sp³-hybridized carbons (Fsp3) is 0.542. The number of hydrogen-bond donors (Lipinski definition) is 1. The standard InChI is InChI=1S/C24H31N3O3S/c1-30-20-9-7-17(8-10-20)15-25-22(28)21-16-31-23(26-21)18-11-13-27(14-12-18)24(29)19-5-3-2-4-6-19/h7-10,16,18-19H,2-6,11-15H2,1H3,(H,25,28). The van der Waals surface area contributed by atoms with E-state index >= 15 is 0 Å². The molecule has 6 nitrogen and oxygen atoms in total. The van der Waals surface area contributed by atoms with Gasteiger partial charge in [0.25, 0.3) is 5.91 Å². The number of hydrogen-bond acceptors (Lipinski definition) is 5. The van der Waals surface area contributed by atoms with Crippen molar-refractivity contribution < 1.29 is 14.3 Å². The predicted molar refractivity (Wildman–Crippen MR) is 121 cm³/mol. The fourth-order valence-electron chi connectivity index (χ4n) is 4.55. The lowest BCUT2D eigenvalue weighted by Gasteiger charge is -2.34. The second-order valence-corrected chi connectivity index (χ2v) is 9.43. The van der Waals surface area contributed by atoms with Crippen molar-refractivity contribution in [2.24, 2.45) is 5.92 Å². The third-order valence-electron chi connectivity index (χ3n) is 6.48. The molecule has 0 radical (unpaired) electrons. The summed E-state index contributed by atoms with van der Waals surface area (Å²) < 4.78 is 5.16. The van der Waals surface area contributed by atoms with Crippen LogP contribution in [-0.2, 0) is 11.3 Å². The van der Waals surface area contributed by atoms with Crippen molar-refractivity contribution in [1.82, 2.24) is 15.2 Å². The Morgan fingerprint density at radius 2 is 1.81 bits per heavy atom. The normalized spacial score (nSPS) is 18.0. The Morgan fingerprint density at radius 3 is 2.48 bits per heavy atom. The summed E-state index contributed by atoms with van der Waals surface area (Å²) in [6.45, 7) is 2.06. The summed E-state index contributed by atoms with van der Waals surface area (Å²) in [6.07, 6.45) is 7.62. The van der Waals surface area contributed by atoms with Gasteiger partial charge in [-0.25, -0.2) is 4.98 Å². The Morgan fingerprint density at radius 1 is 1.10 bits per heavy atom. The maximum Gasteiger partial charge on any atom is 0.271 e. The highest BCUT2D eigenvalue weighted by Gasteiger charge is 2.30. The average molecular weight is 442 g/mol. The van der Waals surface area contributed by atoms with Gasteiger partial charge in [-0.05, 0) is 43.4 Å². The van der Waals surface area contributed by atoms with E-state index in [1.165, 1.54) is 19.3 Å². The summed E-state index contributed by atoms with van der Waals surface area (Å²) in [5.74, 6) is 1.58. The number of methoxy groups -OCH3 is 1. The first-order chi connectivity index (χ1) is 15.1. The molecule has 7 heteroatoms. The Balaban J connectivity index is 1.26. The molecule has 1 saturated heterocycles. The largest absolute Gasteiger partial charge is 0.497 e. The third kappa shape index (κ3) is 5.45. The second-order valence-electron chi connectivity index (χ2n) is 8.54. The highest BCUT2D eigenvalue weighted by molar-refractivity contribution is 7.09. The van der Waals surface area contributed by atoms with Crippen LogP contribution in [0.4, 0.5) is 0 Å². The Bertz CT molecular complexity index is 882. The molecule has 0 unspecified atom stereocenters. The molecule has 1 aliphatic carbocycles. The first kappa shape index (κ1) is 21.8. The van der Waals surface area contributed by atoms with Gasteiger partial charge < -0.3 is 15.0 Å². The number of nitrogens with zero attached hydrogens (tertiary/aromatic N) is 2. The van der Waals surface area contributed by atoms with Crippen LogP contribution >= 0.6 is 11.3 Å². The number of amides is 2. The van der Waals surface area contributed by atoms with Crippen molar-refractivity contribution in [1.29, 1.82) is 0 Å². The van der Waals surface area contributed by atoms with Gasteiger partial charge in [0.15, 0.2) is 0 Å². The molecule has 2 heterocycles. The number of carbonyl (C=O) groups is 2. The van der Waals surface area contributed by atoms with Gasteiger partial charge in [0.2, 0.25) is 5.91 Å². The van der Waals surface area contributed by atoms with E-state index in [-0.39, 0.29) is 11.8 Å². The van der Waals surface area contributed by atoms with Gasteiger partial charge in [-0.2, -0.15) is 0 Å². The molecular formula is C24H31N3O3S. The molecule has 4 rings (SSSR count). The molecule has 1 aromatic heterocycles. The summed E-state index contributed by atoms with van der Waals surface area (Å²) in [5.41, 5.74) is 1.49. The van der Waals surface area contributed by atoms with Crippen LogP contribution in [0.1, 0.15) is 71.9 Å². The van der Waals surface area contributed by atoms with Crippen LogP contribution < -0.4 is 10.1 Å². The Kier molecular flexibility index (Phi) is 7.22. The summed E-state index contributed by atoms with van der Waals surface area (Å²) in [7, 11) is 1.63. The van der Waals surface area contributed by atoms with E-state index < -0.39 is 0 Å². The third-order valence-corrected chi connectivity index (χ3v) is 7.48. The zero-order chi connectivity index (χ0) is 21.6. The van der Waals surface area contributed by atoms with E-state index in [4.69, 9.17) is 4.74 Å². The molecule has 2 aliphatic rings. The monoisotopic (exact) mass is 441 g/mol. The number of benzene rings is 1. The number of likely N-dealkylation sites (tertiary alicyclic amines) is 1. The molecule has 1 aromatic carbocycles. The van der Waals surface area contributed by atoms with Crippen molar-refractivity contribution in [3.63, 3.8) is 0 Å². The maximum absolute atomic E-state index is 12.8. The average Bonchev–Trinajstić information content (AvgIpc) is 3.33. The number of rotatable bonds is 6. The number of thiazole rings is 1. The van der Waals surface area contributed by atoms with Crippen molar-refractivity contribution >= 4 is 23.2 Å². The first-order valence-electron chi connectivity index (χ1n) is 11.3. The van der Waals surface area contributed by atoms with Gasteiger partial charge in [-0.3, -0.25) is 9.59 Å². The van der Waals surface area contributed by atoms with Crippen LogP contribution in [0.15, 0.2) is 29.6 Å². The van der Waals surface area contributed by atoms with Gasteiger partial charge in [-0.1, -0.05) is 31.4 Å². The number of aromatic nitrogens is 1. The molecule has 1 aliphatic heterocycles. The smallest absolute Gasteiger partial charge is 0.271 e. The topological polar surface area (TPSA) is 71.5 Å². The summed E-state index contributed by atoms with van der Waals surface area (Å²) in [6, 6.07) is 7.64. The van der Waals surface area contributed by atoms with Gasteiger partial charge in [0, 0.05) is 36.9 Å². The van der Waals surface area contributed by atoms with E-state index in [1.807, 2.05) is 29.6 Å². The molecular weight excluding hydrogens is 410 g/mol. The molecule has 2 fully saturated rings. The van der Waals surface area contributed by atoms with Gasteiger partial charge in [0.1, 0.15) is 11.4 Å². The maximum atomic E-state index is 12.8. The van der Waals surface area contributed by atoms with E-state index in [1.54, 1.807) is 18.4 Å². The fourth-order valence-corrected chi connectivity index (χ4v) is 5.52. The number of ether oxygens (including phenoxy) is 1. The molecule has 0 atom stereocenters. The zero-order valence-corrected chi connectivity index (χ0v) is 19.0. The van der Waals surface area contributed by atoms with E-state index in [0.717, 1.165) is 55.1 Å². The van der Waals surface area contributed by atoms with Crippen LogP contribution in [0, 0.1) is 5.92 Å². The highest BCUT2D eigenvalue weighted by Crippen LogP contribution is 2.32. The minimum Gasteiger partial charge on any atom is -0.497 e. The Hall–Kier alpha value is -2.41.